The van der Waals surface area contributed by atoms with Gasteiger partial charge in [-0.15, -0.1) is 6.58 Å². The average molecular weight is 282 g/mol. The van der Waals surface area contributed by atoms with Crippen LogP contribution in [0.2, 0.25) is 0 Å². The summed E-state index contributed by atoms with van der Waals surface area (Å²) in [5.41, 5.74) is 10.6. The monoisotopic (exact) mass is 282 g/mol. The van der Waals surface area contributed by atoms with Crippen molar-refractivity contribution in [3.63, 3.8) is 0 Å². The Hall–Kier alpha value is 0.350. The van der Waals surface area contributed by atoms with E-state index < -0.39 is 5.60 Å². The number of aliphatic hydroxyl groups is 1. The lowest BCUT2D eigenvalue weighted by molar-refractivity contribution is 0.0427. The summed E-state index contributed by atoms with van der Waals surface area (Å²) < 4.78 is 0.137. The Morgan fingerprint density at radius 2 is 2.33 bits per heavy atom. The van der Waals surface area contributed by atoms with Crippen LogP contribution in [0.25, 0.3) is 0 Å². The van der Waals surface area contributed by atoms with Crippen LogP contribution in [0, 0.1) is 0 Å². The van der Waals surface area contributed by atoms with Crippen molar-refractivity contribution in [1.29, 1.82) is 0 Å². The predicted molar refractivity (Wildman–Crippen MR) is 58.1 cm³/mol. The SMILES string of the molecule is C=CC(N)C1(O)CC(N)CC1I. The van der Waals surface area contributed by atoms with E-state index in [9.17, 15) is 5.11 Å². The molecule has 0 aromatic rings. The first-order valence-electron chi connectivity index (χ1n) is 4.01. The van der Waals surface area contributed by atoms with Gasteiger partial charge in [-0.05, 0) is 12.8 Å². The molecule has 4 atom stereocenters. The fourth-order valence-electron chi connectivity index (χ4n) is 1.65. The Morgan fingerprint density at radius 3 is 2.67 bits per heavy atom. The lowest BCUT2D eigenvalue weighted by Crippen LogP contribution is -2.50. The van der Waals surface area contributed by atoms with Gasteiger partial charge in [0.2, 0.25) is 0 Å². The number of alkyl halides is 1. The van der Waals surface area contributed by atoms with Crippen LogP contribution in [0.4, 0.5) is 0 Å². The van der Waals surface area contributed by atoms with Crippen LogP contribution in [0.3, 0.4) is 0 Å². The van der Waals surface area contributed by atoms with Gasteiger partial charge in [0.25, 0.3) is 0 Å². The van der Waals surface area contributed by atoms with Crippen molar-refractivity contribution in [2.75, 3.05) is 0 Å². The first kappa shape index (κ1) is 10.4. The molecule has 4 unspecified atom stereocenters. The van der Waals surface area contributed by atoms with Gasteiger partial charge in [-0.3, -0.25) is 0 Å². The quantitative estimate of drug-likeness (QED) is 0.384. The third-order valence-electron chi connectivity index (χ3n) is 2.47. The van der Waals surface area contributed by atoms with E-state index in [0.29, 0.717) is 6.42 Å². The van der Waals surface area contributed by atoms with Crippen molar-refractivity contribution >= 4 is 22.6 Å². The maximum absolute atomic E-state index is 10.1. The third-order valence-corrected chi connectivity index (χ3v) is 4.06. The second kappa shape index (κ2) is 3.61. The van der Waals surface area contributed by atoms with Crippen LogP contribution in [-0.4, -0.2) is 26.7 Å². The summed E-state index contributed by atoms with van der Waals surface area (Å²) in [4.78, 5) is 0. The van der Waals surface area contributed by atoms with Gasteiger partial charge < -0.3 is 16.6 Å². The Morgan fingerprint density at radius 1 is 1.75 bits per heavy atom. The molecule has 0 heterocycles. The van der Waals surface area contributed by atoms with E-state index in [1.165, 1.54) is 0 Å². The number of nitrogens with two attached hydrogens (primary N) is 2. The first-order chi connectivity index (χ1) is 5.50. The second-order valence-electron chi connectivity index (χ2n) is 3.42. The summed E-state index contributed by atoms with van der Waals surface area (Å²) in [6, 6.07) is -0.296. The molecule has 4 heteroatoms. The normalized spacial score (nSPS) is 44.3. The van der Waals surface area contributed by atoms with E-state index in [0.717, 1.165) is 6.42 Å². The minimum Gasteiger partial charge on any atom is -0.387 e. The van der Waals surface area contributed by atoms with E-state index in [-0.39, 0.29) is 16.0 Å². The van der Waals surface area contributed by atoms with Crippen molar-refractivity contribution in [2.24, 2.45) is 11.5 Å². The first-order valence-corrected chi connectivity index (χ1v) is 5.25. The molecule has 0 saturated heterocycles. The molecule has 5 N–H and O–H groups in total. The zero-order valence-electron chi connectivity index (χ0n) is 6.91. The largest absolute Gasteiger partial charge is 0.387 e. The molecule has 1 aliphatic rings. The lowest BCUT2D eigenvalue weighted by Gasteiger charge is -2.30. The minimum atomic E-state index is -0.846. The summed E-state index contributed by atoms with van der Waals surface area (Å²) >= 11 is 2.21. The van der Waals surface area contributed by atoms with E-state index >= 15 is 0 Å². The van der Waals surface area contributed by atoms with Crippen LogP contribution >= 0.6 is 22.6 Å². The number of hydrogen-bond donors (Lipinski definition) is 3. The predicted octanol–water partition coefficient (Wildman–Crippen LogP) is 0.155. The molecule has 3 nitrogen and oxygen atoms in total. The summed E-state index contributed by atoms with van der Waals surface area (Å²) in [6.07, 6.45) is 3.00. The summed E-state index contributed by atoms with van der Waals surface area (Å²) in [6.45, 7) is 3.58. The minimum absolute atomic E-state index is 0.0721. The van der Waals surface area contributed by atoms with E-state index in [4.69, 9.17) is 11.5 Å². The standard InChI is InChI=1S/C8H15IN2O/c1-2-7(11)8(12)4-5(10)3-6(8)9/h2,5-7,12H,1,3-4,10-11H2. The zero-order valence-corrected chi connectivity index (χ0v) is 9.07. The molecule has 0 aliphatic heterocycles. The Balaban J connectivity index is 2.76. The van der Waals surface area contributed by atoms with E-state index in [2.05, 4.69) is 29.2 Å². The summed E-state index contributed by atoms with van der Waals surface area (Å²) in [5.74, 6) is 0. The number of rotatable bonds is 2. The number of halogens is 1. The van der Waals surface area contributed by atoms with Gasteiger partial charge in [0.05, 0.1) is 11.6 Å². The molecule has 1 saturated carbocycles. The van der Waals surface area contributed by atoms with Crippen molar-refractivity contribution in [1.82, 2.24) is 0 Å². The van der Waals surface area contributed by atoms with Gasteiger partial charge in [-0.1, -0.05) is 28.7 Å². The smallest absolute Gasteiger partial charge is 0.0965 e. The third kappa shape index (κ3) is 1.66. The molecule has 0 aromatic heterocycles. The Labute approximate surface area is 86.3 Å². The molecule has 1 fully saturated rings. The van der Waals surface area contributed by atoms with Crippen LogP contribution in [0.1, 0.15) is 12.8 Å². The molecule has 0 bridgehead atoms. The Bertz CT molecular complexity index is 188. The fraction of sp³-hybridized carbons (Fsp3) is 0.750. The molecule has 1 rings (SSSR count). The van der Waals surface area contributed by atoms with Gasteiger partial charge >= 0.3 is 0 Å². The lowest BCUT2D eigenvalue weighted by atomic mass is 9.93. The van der Waals surface area contributed by atoms with Crippen LogP contribution in [-0.2, 0) is 0 Å². The molecular weight excluding hydrogens is 267 g/mol. The zero-order chi connectivity index (χ0) is 9.35. The van der Waals surface area contributed by atoms with Crippen LogP contribution < -0.4 is 11.5 Å². The average Bonchev–Trinajstić information content (AvgIpc) is 2.26. The van der Waals surface area contributed by atoms with E-state index in [1.54, 1.807) is 6.08 Å². The maximum atomic E-state index is 10.1. The van der Waals surface area contributed by atoms with Crippen LogP contribution in [0.5, 0.6) is 0 Å². The molecule has 70 valence electrons. The van der Waals surface area contributed by atoms with Crippen molar-refractivity contribution in [3.8, 4) is 0 Å². The topological polar surface area (TPSA) is 72.3 Å². The number of hydrogen-bond acceptors (Lipinski definition) is 3. The highest BCUT2D eigenvalue weighted by molar-refractivity contribution is 14.1. The van der Waals surface area contributed by atoms with Gasteiger partial charge in [-0.2, -0.15) is 0 Å². The maximum Gasteiger partial charge on any atom is 0.0965 e. The van der Waals surface area contributed by atoms with Gasteiger partial charge in [0.15, 0.2) is 0 Å². The van der Waals surface area contributed by atoms with Gasteiger partial charge in [-0.25, -0.2) is 0 Å². The van der Waals surface area contributed by atoms with E-state index in [1.807, 2.05) is 0 Å². The summed E-state index contributed by atoms with van der Waals surface area (Å²) in [5, 5.41) is 10.1. The highest BCUT2D eigenvalue weighted by Gasteiger charge is 2.46. The van der Waals surface area contributed by atoms with Crippen molar-refractivity contribution < 1.29 is 5.11 Å². The molecule has 12 heavy (non-hydrogen) atoms. The highest BCUT2D eigenvalue weighted by Crippen LogP contribution is 2.37. The molecule has 0 spiro atoms. The van der Waals surface area contributed by atoms with Crippen molar-refractivity contribution in [3.05, 3.63) is 12.7 Å². The van der Waals surface area contributed by atoms with Crippen LogP contribution in [0.15, 0.2) is 12.7 Å². The molecule has 0 radical (unpaired) electrons. The molecular formula is C8H15IN2O. The summed E-state index contributed by atoms with van der Waals surface area (Å²) in [7, 11) is 0. The molecule has 0 aromatic carbocycles. The van der Waals surface area contributed by atoms with Gasteiger partial charge in [0.1, 0.15) is 0 Å². The molecule has 1 aliphatic carbocycles. The Kier molecular flexibility index (Phi) is 3.14. The second-order valence-corrected chi connectivity index (χ2v) is 4.92. The van der Waals surface area contributed by atoms with Crippen molar-refractivity contribution in [2.45, 2.75) is 34.5 Å². The van der Waals surface area contributed by atoms with Gasteiger partial charge in [0, 0.05) is 9.97 Å². The fourth-order valence-corrected chi connectivity index (χ4v) is 2.97. The highest BCUT2D eigenvalue weighted by atomic mass is 127. The molecule has 0 amide bonds.